The Morgan fingerprint density at radius 1 is 1.43 bits per heavy atom. The Kier molecular flexibility index (Phi) is 7.11. The number of hydrogen-bond donors (Lipinski definition) is 1. The molecule has 1 fully saturated rings. The van der Waals surface area contributed by atoms with Crippen LogP contribution in [-0.4, -0.2) is 41.9 Å². The fourth-order valence-electron chi connectivity index (χ4n) is 2.07. The highest BCUT2D eigenvalue weighted by Gasteiger charge is 2.35. The Labute approximate surface area is 87.1 Å². The first-order chi connectivity index (χ1) is 6.66. The van der Waals surface area contributed by atoms with E-state index in [1.54, 1.807) is 0 Å². The van der Waals surface area contributed by atoms with E-state index in [1.165, 1.54) is 0 Å². The number of halogens is 1. The Bertz CT molecular complexity index is 139. The fourth-order valence-corrected chi connectivity index (χ4v) is 2.07. The standard InChI is InChI=1S/C9H18FNO.C2H6/c1-7(2)9-8(10)3-4-11(9)5-6-12;1-2/h7-9,12H,3-6H2,1-2H3;1-2H3. The molecule has 1 aliphatic heterocycles. The van der Waals surface area contributed by atoms with Crippen molar-refractivity contribution >= 4 is 0 Å². The first-order valence-corrected chi connectivity index (χ1v) is 5.65. The van der Waals surface area contributed by atoms with Crippen LogP contribution < -0.4 is 0 Å². The minimum atomic E-state index is -0.698. The van der Waals surface area contributed by atoms with Gasteiger partial charge in [0.15, 0.2) is 0 Å². The summed E-state index contributed by atoms with van der Waals surface area (Å²) in [5, 5.41) is 8.75. The van der Waals surface area contributed by atoms with Crippen LogP contribution in [0.15, 0.2) is 0 Å². The van der Waals surface area contributed by atoms with Crippen LogP contribution in [0.3, 0.4) is 0 Å². The van der Waals surface area contributed by atoms with E-state index in [1.807, 2.05) is 27.7 Å². The molecule has 1 aliphatic rings. The Hall–Kier alpha value is -0.150. The Morgan fingerprint density at radius 2 is 2.00 bits per heavy atom. The number of likely N-dealkylation sites (tertiary alicyclic amines) is 1. The number of hydrogen-bond acceptors (Lipinski definition) is 2. The maximum atomic E-state index is 13.3. The van der Waals surface area contributed by atoms with Crippen LogP contribution in [0, 0.1) is 5.92 Å². The molecular formula is C11H24FNO. The maximum Gasteiger partial charge on any atom is 0.117 e. The van der Waals surface area contributed by atoms with E-state index in [0.29, 0.717) is 18.9 Å². The van der Waals surface area contributed by atoms with E-state index in [2.05, 4.69) is 4.90 Å². The minimum absolute atomic E-state index is 0.0251. The van der Waals surface area contributed by atoms with Gasteiger partial charge in [0.25, 0.3) is 0 Å². The lowest BCUT2D eigenvalue weighted by Crippen LogP contribution is -2.39. The summed E-state index contributed by atoms with van der Waals surface area (Å²) in [4.78, 5) is 2.05. The summed E-state index contributed by atoms with van der Waals surface area (Å²) < 4.78 is 13.3. The van der Waals surface area contributed by atoms with Gasteiger partial charge in [0.1, 0.15) is 6.17 Å². The highest BCUT2D eigenvalue weighted by molar-refractivity contribution is 4.88. The van der Waals surface area contributed by atoms with Crippen molar-refractivity contribution in [2.24, 2.45) is 5.92 Å². The predicted molar refractivity (Wildman–Crippen MR) is 58.1 cm³/mol. The van der Waals surface area contributed by atoms with Crippen LogP contribution in [-0.2, 0) is 0 Å². The summed E-state index contributed by atoms with van der Waals surface area (Å²) in [5.41, 5.74) is 0. The molecule has 0 amide bonds. The number of aliphatic hydroxyl groups is 1. The molecule has 1 saturated heterocycles. The van der Waals surface area contributed by atoms with E-state index >= 15 is 0 Å². The van der Waals surface area contributed by atoms with Crippen LogP contribution in [0.1, 0.15) is 34.1 Å². The lowest BCUT2D eigenvalue weighted by Gasteiger charge is -2.27. The third-order valence-corrected chi connectivity index (χ3v) is 2.55. The zero-order chi connectivity index (χ0) is 11.1. The molecule has 1 N–H and O–H groups in total. The van der Waals surface area contributed by atoms with Crippen molar-refractivity contribution in [1.29, 1.82) is 0 Å². The van der Waals surface area contributed by atoms with Crippen molar-refractivity contribution in [3.8, 4) is 0 Å². The second-order valence-electron chi connectivity index (χ2n) is 3.80. The number of alkyl halides is 1. The summed E-state index contributed by atoms with van der Waals surface area (Å²) in [5.74, 6) is 0.342. The van der Waals surface area contributed by atoms with Crippen molar-refractivity contribution in [3.63, 3.8) is 0 Å². The third-order valence-electron chi connectivity index (χ3n) is 2.55. The molecule has 86 valence electrons. The van der Waals surface area contributed by atoms with Gasteiger partial charge >= 0.3 is 0 Å². The largest absolute Gasteiger partial charge is 0.395 e. The van der Waals surface area contributed by atoms with Gasteiger partial charge in [-0.25, -0.2) is 4.39 Å². The summed E-state index contributed by atoms with van der Waals surface area (Å²) in [7, 11) is 0. The van der Waals surface area contributed by atoms with Crippen LogP contribution in [0.4, 0.5) is 4.39 Å². The molecule has 2 atom stereocenters. The van der Waals surface area contributed by atoms with Crippen LogP contribution >= 0.6 is 0 Å². The van der Waals surface area contributed by atoms with Crippen LogP contribution in [0.25, 0.3) is 0 Å². The van der Waals surface area contributed by atoms with Crippen molar-refractivity contribution < 1.29 is 9.50 Å². The van der Waals surface area contributed by atoms with Gasteiger partial charge in [-0.1, -0.05) is 27.7 Å². The monoisotopic (exact) mass is 205 g/mol. The van der Waals surface area contributed by atoms with E-state index in [9.17, 15) is 4.39 Å². The molecule has 1 heterocycles. The van der Waals surface area contributed by atoms with Crippen molar-refractivity contribution in [2.45, 2.75) is 46.3 Å². The molecule has 0 aromatic rings. The molecule has 0 radical (unpaired) electrons. The molecule has 0 aromatic carbocycles. The lowest BCUT2D eigenvalue weighted by atomic mass is 10.0. The van der Waals surface area contributed by atoms with E-state index in [4.69, 9.17) is 5.11 Å². The zero-order valence-corrected chi connectivity index (χ0v) is 9.83. The fraction of sp³-hybridized carbons (Fsp3) is 1.00. The average Bonchev–Trinajstić information content (AvgIpc) is 2.51. The van der Waals surface area contributed by atoms with Crippen LogP contribution in [0.5, 0.6) is 0 Å². The first kappa shape index (κ1) is 13.8. The van der Waals surface area contributed by atoms with Crippen molar-refractivity contribution in [3.05, 3.63) is 0 Å². The predicted octanol–water partition coefficient (Wildman–Crippen LogP) is 2.07. The van der Waals surface area contributed by atoms with Gasteiger partial charge in [-0.3, -0.25) is 4.90 Å². The van der Waals surface area contributed by atoms with Crippen molar-refractivity contribution in [1.82, 2.24) is 4.90 Å². The highest BCUT2D eigenvalue weighted by atomic mass is 19.1. The number of β-amino-alcohol motifs (C(OH)–C–C–N with tert-alkyl or cyclic N) is 1. The topological polar surface area (TPSA) is 23.5 Å². The third kappa shape index (κ3) is 3.54. The Morgan fingerprint density at radius 3 is 2.43 bits per heavy atom. The van der Waals surface area contributed by atoms with E-state index < -0.39 is 6.17 Å². The molecule has 2 unspecified atom stereocenters. The SMILES string of the molecule is CC.CC(C)C1C(F)CCN1CCO. The van der Waals surface area contributed by atoms with Gasteiger partial charge in [-0.05, 0) is 12.3 Å². The number of rotatable bonds is 3. The molecule has 0 aromatic heterocycles. The van der Waals surface area contributed by atoms with Crippen LogP contribution in [0.2, 0.25) is 0 Å². The summed E-state index contributed by atoms with van der Waals surface area (Å²) in [6.45, 7) is 9.61. The molecule has 14 heavy (non-hydrogen) atoms. The van der Waals surface area contributed by atoms with Gasteiger partial charge in [0.2, 0.25) is 0 Å². The summed E-state index contributed by atoms with van der Waals surface area (Å²) in [6.07, 6.45) is -0.0698. The Balaban J connectivity index is 0.000000791. The number of nitrogens with zero attached hydrogens (tertiary/aromatic N) is 1. The van der Waals surface area contributed by atoms with Gasteiger partial charge < -0.3 is 5.11 Å². The quantitative estimate of drug-likeness (QED) is 0.762. The smallest absolute Gasteiger partial charge is 0.117 e. The first-order valence-electron chi connectivity index (χ1n) is 5.65. The summed E-state index contributed by atoms with van der Waals surface area (Å²) in [6, 6.07) is 0.0251. The molecule has 0 bridgehead atoms. The van der Waals surface area contributed by atoms with E-state index in [-0.39, 0.29) is 12.6 Å². The van der Waals surface area contributed by atoms with Gasteiger partial charge in [-0.2, -0.15) is 0 Å². The molecule has 0 aliphatic carbocycles. The average molecular weight is 205 g/mol. The van der Waals surface area contributed by atoms with Gasteiger partial charge in [-0.15, -0.1) is 0 Å². The molecule has 2 nitrogen and oxygen atoms in total. The molecule has 1 rings (SSSR count). The second-order valence-corrected chi connectivity index (χ2v) is 3.80. The number of aliphatic hydroxyl groups excluding tert-OH is 1. The molecule has 0 saturated carbocycles. The molecular weight excluding hydrogens is 181 g/mol. The van der Waals surface area contributed by atoms with Gasteiger partial charge in [0.05, 0.1) is 6.61 Å². The molecule has 0 spiro atoms. The molecule has 3 heteroatoms. The van der Waals surface area contributed by atoms with Crippen molar-refractivity contribution in [2.75, 3.05) is 19.7 Å². The minimum Gasteiger partial charge on any atom is -0.395 e. The lowest BCUT2D eigenvalue weighted by molar-refractivity contribution is 0.124. The zero-order valence-electron chi connectivity index (χ0n) is 9.83. The normalized spacial score (nSPS) is 27.6. The highest BCUT2D eigenvalue weighted by Crippen LogP contribution is 2.26. The second kappa shape index (κ2) is 7.18. The maximum absolute atomic E-state index is 13.3. The van der Waals surface area contributed by atoms with E-state index in [0.717, 1.165) is 6.54 Å². The summed E-state index contributed by atoms with van der Waals surface area (Å²) >= 11 is 0. The van der Waals surface area contributed by atoms with Gasteiger partial charge in [0, 0.05) is 19.1 Å².